The molecule has 1 aliphatic heterocycles. The Morgan fingerprint density at radius 2 is 1.75 bits per heavy atom. The molecule has 1 N–H and O–H groups in total. The third-order valence-electron chi connectivity index (χ3n) is 4.78. The number of hydrogen-bond donors (Lipinski definition) is 1. The molecular weight excluding hydrogens is 380 g/mol. The Hall–Kier alpha value is -2.48. The van der Waals surface area contributed by atoms with E-state index in [2.05, 4.69) is 21.2 Å². The van der Waals surface area contributed by atoms with E-state index in [4.69, 9.17) is 11.6 Å². The second-order valence-electron chi connectivity index (χ2n) is 6.85. The van der Waals surface area contributed by atoms with Gasteiger partial charge in [0.15, 0.2) is 0 Å². The molecule has 1 fully saturated rings. The van der Waals surface area contributed by atoms with E-state index in [1.165, 1.54) is 17.7 Å². The van der Waals surface area contributed by atoms with Crippen LogP contribution in [-0.2, 0) is 11.3 Å². The molecule has 2 aromatic rings. The third-order valence-corrected chi connectivity index (χ3v) is 5.01. The molecule has 1 heterocycles. The fraction of sp³-hybridized carbons (Fsp3) is 0.350. The molecule has 0 bridgehead atoms. The summed E-state index contributed by atoms with van der Waals surface area (Å²) in [5.41, 5.74) is 1.79. The molecule has 3 rings (SSSR count). The summed E-state index contributed by atoms with van der Waals surface area (Å²) in [6.45, 7) is 5.34. The smallest absolute Gasteiger partial charge is 0.269 e. The van der Waals surface area contributed by atoms with Gasteiger partial charge < -0.3 is 10.2 Å². The minimum atomic E-state index is -0.461. The molecule has 0 spiro atoms. The number of nitrogens with one attached hydrogen (secondary N) is 1. The summed E-state index contributed by atoms with van der Waals surface area (Å²) in [6, 6.07) is 13.8. The second-order valence-corrected chi connectivity index (χ2v) is 7.29. The number of carbonyl (C=O) groups excluding carboxylic acids is 1. The van der Waals surface area contributed by atoms with Crippen LogP contribution in [0.1, 0.15) is 12.0 Å². The van der Waals surface area contributed by atoms with E-state index in [0.29, 0.717) is 18.7 Å². The molecule has 28 heavy (non-hydrogen) atoms. The SMILES string of the molecule is O=C(CCN1CCN(Cc2cccc(Cl)c2)CC1)Nc1ccc([N+](=O)[O-])cc1. The number of benzene rings is 2. The van der Waals surface area contributed by atoms with E-state index >= 15 is 0 Å². The molecule has 0 aliphatic carbocycles. The van der Waals surface area contributed by atoms with E-state index in [1.807, 2.05) is 18.2 Å². The Bertz CT molecular complexity index is 820. The number of halogens is 1. The van der Waals surface area contributed by atoms with Crippen LogP contribution in [-0.4, -0.2) is 53.4 Å². The highest BCUT2D eigenvalue weighted by molar-refractivity contribution is 6.30. The summed E-state index contributed by atoms with van der Waals surface area (Å²) in [5.74, 6) is -0.0878. The first-order valence-corrected chi connectivity index (χ1v) is 9.61. The summed E-state index contributed by atoms with van der Waals surface area (Å²) in [5, 5.41) is 14.2. The Labute approximate surface area is 169 Å². The van der Waals surface area contributed by atoms with Crippen molar-refractivity contribution in [2.75, 3.05) is 38.0 Å². The van der Waals surface area contributed by atoms with Crippen LogP contribution in [0, 0.1) is 10.1 Å². The highest BCUT2D eigenvalue weighted by Crippen LogP contribution is 2.16. The number of nitrogens with zero attached hydrogens (tertiary/aromatic N) is 3. The molecule has 2 aromatic carbocycles. The van der Waals surface area contributed by atoms with Gasteiger partial charge in [-0.2, -0.15) is 0 Å². The first-order valence-electron chi connectivity index (χ1n) is 9.23. The van der Waals surface area contributed by atoms with Crippen molar-refractivity contribution in [3.8, 4) is 0 Å². The minimum Gasteiger partial charge on any atom is -0.326 e. The van der Waals surface area contributed by atoms with Gasteiger partial charge in [0.2, 0.25) is 5.91 Å². The Morgan fingerprint density at radius 3 is 2.39 bits per heavy atom. The van der Waals surface area contributed by atoms with Crippen LogP contribution in [0.4, 0.5) is 11.4 Å². The number of hydrogen-bond acceptors (Lipinski definition) is 5. The lowest BCUT2D eigenvalue weighted by molar-refractivity contribution is -0.384. The highest BCUT2D eigenvalue weighted by Gasteiger charge is 2.18. The summed E-state index contributed by atoms with van der Waals surface area (Å²) in [7, 11) is 0. The molecule has 1 amide bonds. The van der Waals surface area contributed by atoms with Gasteiger partial charge in [-0.15, -0.1) is 0 Å². The van der Waals surface area contributed by atoms with Crippen LogP contribution in [0.3, 0.4) is 0 Å². The van der Waals surface area contributed by atoms with Gasteiger partial charge in [0, 0.05) is 68.5 Å². The van der Waals surface area contributed by atoms with Crippen molar-refractivity contribution in [2.24, 2.45) is 0 Å². The molecule has 1 aliphatic rings. The molecule has 0 aromatic heterocycles. The zero-order valence-corrected chi connectivity index (χ0v) is 16.3. The number of nitro benzene ring substituents is 1. The summed E-state index contributed by atoms with van der Waals surface area (Å²) < 4.78 is 0. The van der Waals surface area contributed by atoms with E-state index in [0.717, 1.165) is 37.7 Å². The molecule has 0 atom stereocenters. The van der Waals surface area contributed by atoms with Crippen LogP contribution < -0.4 is 5.32 Å². The molecule has 0 saturated carbocycles. The first kappa shape index (κ1) is 20.3. The zero-order valence-electron chi connectivity index (χ0n) is 15.5. The maximum Gasteiger partial charge on any atom is 0.269 e. The van der Waals surface area contributed by atoms with Gasteiger partial charge in [0.1, 0.15) is 0 Å². The second kappa shape index (κ2) is 9.64. The molecule has 1 saturated heterocycles. The van der Waals surface area contributed by atoms with Crippen molar-refractivity contribution < 1.29 is 9.72 Å². The van der Waals surface area contributed by atoms with Crippen LogP contribution in [0.15, 0.2) is 48.5 Å². The maximum absolute atomic E-state index is 12.1. The largest absolute Gasteiger partial charge is 0.326 e. The zero-order chi connectivity index (χ0) is 19.9. The van der Waals surface area contributed by atoms with Crippen molar-refractivity contribution in [1.29, 1.82) is 0 Å². The van der Waals surface area contributed by atoms with E-state index in [-0.39, 0.29) is 11.6 Å². The summed E-state index contributed by atoms with van der Waals surface area (Å²) >= 11 is 6.04. The lowest BCUT2D eigenvalue weighted by Gasteiger charge is -2.34. The fourth-order valence-corrected chi connectivity index (χ4v) is 3.43. The van der Waals surface area contributed by atoms with Gasteiger partial charge >= 0.3 is 0 Å². The molecule has 0 unspecified atom stereocenters. The number of amides is 1. The van der Waals surface area contributed by atoms with Gasteiger partial charge in [0.05, 0.1) is 4.92 Å². The Morgan fingerprint density at radius 1 is 1.07 bits per heavy atom. The van der Waals surface area contributed by atoms with Crippen LogP contribution in [0.2, 0.25) is 5.02 Å². The lowest BCUT2D eigenvalue weighted by atomic mass is 10.2. The average Bonchev–Trinajstić information content (AvgIpc) is 2.68. The van der Waals surface area contributed by atoms with E-state index < -0.39 is 4.92 Å². The quantitative estimate of drug-likeness (QED) is 0.567. The molecule has 8 heteroatoms. The van der Waals surface area contributed by atoms with E-state index in [1.54, 1.807) is 12.1 Å². The van der Waals surface area contributed by atoms with Gasteiger partial charge in [-0.3, -0.25) is 19.8 Å². The lowest BCUT2D eigenvalue weighted by Crippen LogP contribution is -2.46. The van der Waals surface area contributed by atoms with E-state index in [9.17, 15) is 14.9 Å². The summed E-state index contributed by atoms with van der Waals surface area (Å²) in [4.78, 5) is 27.0. The summed E-state index contributed by atoms with van der Waals surface area (Å²) in [6.07, 6.45) is 0.394. The number of piperazine rings is 1. The van der Waals surface area contributed by atoms with Crippen molar-refractivity contribution in [1.82, 2.24) is 9.80 Å². The number of carbonyl (C=O) groups is 1. The third kappa shape index (κ3) is 6.02. The van der Waals surface area contributed by atoms with Gasteiger partial charge in [-0.1, -0.05) is 23.7 Å². The van der Waals surface area contributed by atoms with Crippen LogP contribution >= 0.6 is 11.6 Å². The Kier molecular flexibility index (Phi) is 6.97. The first-order chi connectivity index (χ1) is 13.5. The van der Waals surface area contributed by atoms with Crippen molar-refractivity contribution >= 4 is 28.9 Å². The molecule has 0 radical (unpaired) electrons. The maximum atomic E-state index is 12.1. The highest BCUT2D eigenvalue weighted by atomic mass is 35.5. The van der Waals surface area contributed by atoms with Gasteiger partial charge in [0.25, 0.3) is 5.69 Å². The predicted octanol–water partition coefficient (Wildman–Crippen LogP) is 3.39. The van der Waals surface area contributed by atoms with Crippen molar-refractivity contribution in [3.05, 3.63) is 69.2 Å². The minimum absolute atomic E-state index is 0.00800. The standard InChI is InChI=1S/C20H23ClN4O3/c21-17-3-1-2-16(14-17)15-24-12-10-23(11-13-24)9-8-20(26)22-18-4-6-19(7-5-18)25(27)28/h1-7,14H,8-13,15H2,(H,22,26). The topological polar surface area (TPSA) is 78.7 Å². The average molecular weight is 403 g/mol. The Balaban J connectivity index is 1.37. The number of anilines is 1. The monoisotopic (exact) mass is 402 g/mol. The van der Waals surface area contributed by atoms with Gasteiger partial charge in [-0.05, 0) is 29.8 Å². The fourth-order valence-electron chi connectivity index (χ4n) is 3.21. The number of non-ortho nitro benzene ring substituents is 1. The normalized spacial score (nSPS) is 15.3. The number of rotatable bonds is 7. The van der Waals surface area contributed by atoms with Gasteiger partial charge in [-0.25, -0.2) is 0 Å². The van der Waals surface area contributed by atoms with Crippen molar-refractivity contribution in [2.45, 2.75) is 13.0 Å². The number of nitro groups is 1. The molecule has 7 nitrogen and oxygen atoms in total. The molecule has 148 valence electrons. The van der Waals surface area contributed by atoms with Crippen LogP contribution in [0.25, 0.3) is 0 Å². The predicted molar refractivity (Wildman–Crippen MR) is 110 cm³/mol. The van der Waals surface area contributed by atoms with Crippen molar-refractivity contribution in [3.63, 3.8) is 0 Å². The molecular formula is C20H23ClN4O3. The van der Waals surface area contributed by atoms with Crippen LogP contribution in [0.5, 0.6) is 0 Å².